The minimum absolute atomic E-state index is 0.000414. The van der Waals surface area contributed by atoms with Gasteiger partial charge in [0.2, 0.25) is 0 Å². The Kier molecular flexibility index (Phi) is 9.02. The van der Waals surface area contributed by atoms with Crippen LogP contribution in [-0.2, 0) is 10.8 Å². The van der Waals surface area contributed by atoms with Gasteiger partial charge >= 0.3 is 0 Å². The number of anilines is 6. The van der Waals surface area contributed by atoms with E-state index < -0.39 is 0 Å². The van der Waals surface area contributed by atoms with E-state index in [4.69, 9.17) is 0 Å². The van der Waals surface area contributed by atoms with Crippen molar-refractivity contribution in [3.05, 3.63) is 233 Å². The van der Waals surface area contributed by atoms with Crippen LogP contribution in [0.3, 0.4) is 0 Å². The van der Waals surface area contributed by atoms with Crippen LogP contribution in [0.25, 0.3) is 39.6 Å². The van der Waals surface area contributed by atoms with E-state index in [1.54, 1.807) is 5.57 Å². The molecule has 0 saturated carbocycles. The van der Waals surface area contributed by atoms with E-state index in [2.05, 4.69) is 244 Å². The van der Waals surface area contributed by atoms with Crippen molar-refractivity contribution in [2.75, 3.05) is 9.80 Å². The zero-order valence-corrected chi connectivity index (χ0v) is 35.9. The van der Waals surface area contributed by atoms with Gasteiger partial charge in [-0.25, -0.2) is 0 Å². The lowest BCUT2D eigenvalue weighted by atomic mass is 9.78. The third kappa shape index (κ3) is 6.32. The van der Waals surface area contributed by atoms with Crippen LogP contribution < -0.4 is 9.80 Å². The van der Waals surface area contributed by atoms with Crippen LogP contribution in [0.1, 0.15) is 73.9 Å². The van der Waals surface area contributed by atoms with Crippen molar-refractivity contribution < 1.29 is 0 Å². The maximum atomic E-state index is 2.45. The molecule has 0 amide bonds. The van der Waals surface area contributed by atoms with Gasteiger partial charge in [-0.3, -0.25) is 0 Å². The zero-order chi connectivity index (χ0) is 42.0. The topological polar surface area (TPSA) is 6.48 Å². The fraction of sp³-hybridized carbons (Fsp3) is 0.133. The van der Waals surface area contributed by atoms with Gasteiger partial charge in [-0.2, -0.15) is 0 Å². The standard InChI is InChI=1S/C60H50N2/c1-59(2)55-22-14-13-21-51(55)53-35-33-50(40-57(53)59)62(48-31-28-43-15-11-12-16-44(43)38-48)47-29-25-41(26-30-47)23-24-42-27-34-52-54-36-32-49(39-58(54)60(3,4)56(52)37-42)61(45-17-7-5-8-18-45)46-19-9-6-10-20-46/h5-13,15-21,23-40H,14,22H2,1-4H3/b24-23+. The summed E-state index contributed by atoms with van der Waals surface area (Å²) in [6, 6.07) is 66.9. The fourth-order valence-electron chi connectivity index (χ4n) is 10.4. The van der Waals surface area contributed by atoms with Gasteiger partial charge in [0.1, 0.15) is 0 Å². The smallest absolute Gasteiger partial charge is 0.0468 e. The quantitative estimate of drug-likeness (QED) is 0.141. The number of para-hydroxylation sites is 2. The molecule has 0 atom stereocenters. The molecule has 2 heteroatoms. The first kappa shape index (κ1) is 37.8. The molecule has 11 rings (SSSR count). The normalized spacial score (nSPS) is 15.4. The molecule has 0 spiro atoms. The molecular weight excluding hydrogens is 749 g/mol. The molecule has 0 aromatic heterocycles. The third-order valence-electron chi connectivity index (χ3n) is 13.7. The summed E-state index contributed by atoms with van der Waals surface area (Å²) in [6.07, 6.45) is 11.5. The summed E-state index contributed by atoms with van der Waals surface area (Å²) in [5, 5.41) is 2.48. The summed E-state index contributed by atoms with van der Waals surface area (Å²) in [6.45, 7) is 9.55. The highest BCUT2D eigenvalue weighted by Gasteiger charge is 2.38. The summed E-state index contributed by atoms with van der Waals surface area (Å²) in [7, 11) is 0. The lowest BCUT2D eigenvalue weighted by Gasteiger charge is -2.29. The van der Waals surface area contributed by atoms with Crippen molar-refractivity contribution in [1.82, 2.24) is 0 Å². The number of benzene rings is 8. The van der Waals surface area contributed by atoms with Crippen molar-refractivity contribution in [3.8, 4) is 11.1 Å². The molecule has 0 aliphatic heterocycles. The number of fused-ring (bicyclic) bond motifs is 6. The summed E-state index contributed by atoms with van der Waals surface area (Å²) >= 11 is 0. The van der Waals surface area contributed by atoms with Crippen LogP contribution >= 0.6 is 0 Å². The van der Waals surface area contributed by atoms with E-state index in [0.29, 0.717) is 0 Å². The highest BCUT2D eigenvalue weighted by molar-refractivity contribution is 5.92. The van der Waals surface area contributed by atoms with Gasteiger partial charge < -0.3 is 9.80 Å². The van der Waals surface area contributed by atoms with E-state index in [9.17, 15) is 0 Å². The third-order valence-corrected chi connectivity index (χ3v) is 13.7. The second-order valence-electron chi connectivity index (χ2n) is 18.1. The average molecular weight is 799 g/mol. The Morgan fingerprint density at radius 3 is 1.58 bits per heavy atom. The van der Waals surface area contributed by atoms with Gasteiger partial charge in [-0.1, -0.05) is 167 Å². The molecule has 8 aromatic rings. The molecule has 0 bridgehead atoms. The summed E-state index contributed by atoms with van der Waals surface area (Å²) in [5.74, 6) is 0. The largest absolute Gasteiger partial charge is 0.310 e. The Bertz CT molecular complexity index is 3070. The molecule has 8 aromatic carbocycles. The van der Waals surface area contributed by atoms with Gasteiger partial charge in [0.15, 0.2) is 0 Å². The summed E-state index contributed by atoms with van der Waals surface area (Å²) in [4.78, 5) is 4.78. The zero-order valence-electron chi connectivity index (χ0n) is 35.9. The molecule has 62 heavy (non-hydrogen) atoms. The molecule has 0 saturated heterocycles. The summed E-state index contributed by atoms with van der Waals surface area (Å²) < 4.78 is 0. The molecule has 2 nitrogen and oxygen atoms in total. The molecular formula is C60H50N2. The van der Waals surface area contributed by atoms with Crippen molar-refractivity contribution in [1.29, 1.82) is 0 Å². The molecule has 3 aliphatic carbocycles. The molecule has 0 fully saturated rings. The maximum absolute atomic E-state index is 2.45. The number of hydrogen-bond acceptors (Lipinski definition) is 2. The summed E-state index contributed by atoms with van der Waals surface area (Å²) in [5.41, 5.74) is 20.3. The lowest BCUT2D eigenvalue weighted by Crippen LogP contribution is -2.18. The SMILES string of the molecule is CC1(C)C2=C(C=CCC2)c2ccc(N(c3ccc(/C=C/c4ccc5c(c4)C(C)(C)c4cc(N(c6ccccc6)c6ccccc6)ccc4-5)cc3)c3ccc4ccccc4c3)cc21. The number of nitrogens with zero attached hydrogens (tertiary/aromatic N) is 2. The predicted molar refractivity (Wildman–Crippen MR) is 265 cm³/mol. The maximum Gasteiger partial charge on any atom is 0.0468 e. The first-order chi connectivity index (χ1) is 30.2. The van der Waals surface area contributed by atoms with Crippen molar-refractivity contribution in [3.63, 3.8) is 0 Å². The molecule has 0 unspecified atom stereocenters. The monoisotopic (exact) mass is 798 g/mol. The Labute approximate surface area is 366 Å². The lowest BCUT2D eigenvalue weighted by molar-refractivity contribution is 0.607. The van der Waals surface area contributed by atoms with E-state index in [0.717, 1.165) is 41.3 Å². The Hall–Kier alpha value is -7.16. The van der Waals surface area contributed by atoms with E-state index in [1.165, 1.54) is 66.5 Å². The van der Waals surface area contributed by atoms with E-state index in [-0.39, 0.29) is 10.8 Å². The first-order valence-electron chi connectivity index (χ1n) is 22.1. The molecule has 0 N–H and O–H groups in total. The highest BCUT2D eigenvalue weighted by Crippen LogP contribution is 2.53. The number of hydrogen-bond donors (Lipinski definition) is 0. The Balaban J connectivity index is 0.898. The van der Waals surface area contributed by atoms with Crippen LogP contribution in [0, 0.1) is 0 Å². The minimum atomic E-state index is -0.156. The van der Waals surface area contributed by atoms with Crippen molar-refractivity contribution in [2.45, 2.75) is 51.4 Å². The van der Waals surface area contributed by atoms with Crippen LogP contribution in [0.4, 0.5) is 34.1 Å². The van der Waals surface area contributed by atoms with Crippen LogP contribution in [0.5, 0.6) is 0 Å². The number of allylic oxidation sites excluding steroid dienone is 4. The van der Waals surface area contributed by atoms with Crippen LogP contribution in [-0.4, -0.2) is 0 Å². The van der Waals surface area contributed by atoms with Gasteiger partial charge in [0.25, 0.3) is 0 Å². The second kappa shape index (κ2) is 14.8. The molecule has 300 valence electrons. The second-order valence-corrected chi connectivity index (χ2v) is 18.1. The number of rotatable bonds is 8. The molecule has 0 radical (unpaired) electrons. The minimum Gasteiger partial charge on any atom is -0.310 e. The Morgan fingerprint density at radius 1 is 0.403 bits per heavy atom. The fourth-order valence-corrected chi connectivity index (χ4v) is 10.4. The molecule has 0 heterocycles. The predicted octanol–water partition coefficient (Wildman–Crippen LogP) is 16.7. The Morgan fingerprint density at radius 2 is 0.887 bits per heavy atom. The van der Waals surface area contributed by atoms with Gasteiger partial charge in [0, 0.05) is 45.0 Å². The van der Waals surface area contributed by atoms with Crippen LogP contribution in [0.15, 0.2) is 200 Å². The van der Waals surface area contributed by atoms with E-state index >= 15 is 0 Å². The average Bonchev–Trinajstić information content (AvgIpc) is 3.68. The highest BCUT2D eigenvalue weighted by atomic mass is 15.1. The van der Waals surface area contributed by atoms with E-state index in [1.807, 2.05) is 0 Å². The van der Waals surface area contributed by atoms with Crippen LogP contribution in [0.2, 0.25) is 0 Å². The molecule has 3 aliphatic rings. The van der Waals surface area contributed by atoms with Gasteiger partial charge in [-0.15, -0.1) is 0 Å². The van der Waals surface area contributed by atoms with Gasteiger partial charge in [-0.05, 0) is 146 Å². The van der Waals surface area contributed by atoms with Gasteiger partial charge in [0.05, 0.1) is 0 Å². The first-order valence-corrected chi connectivity index (χ1v) is 22.1. The van der Waals surface area contributed by atoms with Crippen molar-refractivity contribution >= 4 is 62.6 Å². The van der Waals surface area contributed by atoms with Crippen molar-refractivity contribution in [2.24, 2.45) is 0 Å².